The van der Waals surface area contributed by atoms with E-state index in [9.17, 15) is 0 Å². The molecule has 0 saturated carbocycles. The second kappa shape index (κ2) is 6.08. The van der Waals surface area contributed by atoms with Crippen molar-refractivity contribution in [3.8, 4) is 5.75 Å². The molecule has 14 heavy (non-hydrogen) atoms. The van der Waals surface area contributed by atoms with Gasteiger partial charge in [-0.15, -0.1) is 0 Å². The Hall–Kier alpha value is -1.44. The third kappa shape index (κ3) is 3.52. The largest absolute Gasteiger partial charge is 0.505 e. The van der Waals surface area contributed by atoms with Gasteiger partial charge in [0.25, 0.3) is 0 Å². The number of benzene rings is 1. The van der Waals surface area contributed by atoms with Crippen LogP contribution in [-0.2, 0) is 11.2 Å². The summed E-state index contributed by atoms with van der Waals surface area (Å²) in [5.41, 5.74) is 1.28. The summed E-state index contributed by atoms with van der Waals surface area (Å²) >= 11 is 0. The maximum absolute atomic E-state index is 5.14. The lowest BCUT2D eigenvalue weighted by Gasteiger charge is -2.02. The van der Waals surface area contributed by atoms with E-state index in [0.29, 0.717) is 0 Å². The van der Waals surface area contributed by atoms with Crippen LogP contribution in [0.5, 0.6) is 5.75 Å². The first kappa shape index (κ1) is 10.6. The molecule has 2 nitrogen and oxygen atoms in total. The molecule has 0 radical (unpaired) electrons. The van der Waals surface area contributed by atoms with E-state index in [4.69, 9.17) is 9.47 Å². The Morgan fingerprint density at radius 3 is 2.86 bits per heavy atom. The van der Waals surface area contributed by atoms with Gasteiger partial charge in [0.15, 0.2) is 0 Å². The Bertz CT molecular complexity index is 292. The normalized spacial score (nSPS) is 10.4. The van der Waals surface area contributed by atoms with Crippen LogP contribution in [0.2, 0.25) is 0 Å². The van der Waals surface area contributed by atoms with Crippen molar-refractivity contribution >= 4 is 0 Å². The highest BCUT2D eigenvalue weighted by Crippen LogP contribution is 2.13. The highest BCUT2D eigenvalue weighted by molar-refractivity contribution is 5.28. The Balaban J connectivity index is 2.46. The number of allylic oxidation sites excluding steroid dienone is 1. The fraction of sp³-hybridized carbons (Fsp3) is 0.333. The molecular weight excluding hydrogens is 176 g/mol. The summed E-state index contributed by atoms with van der Waals surface area (Å²) in [5.74, 6) is 0.915. The van der Waals surface area contributed by atoms with Crippen molar-refractivity contribution < 1.29 is 9.47 Å². The van der Waals surface area contributed by atoms with Crippen molar-refractivity contribution in [3.63, 3.8) is 0 Å². The van der Waals surface area contributed by atoms with Crippen LogP contribution in [0.15, 0.2) is 36.6 Å². The molecule has 0 spiro atoms. The molecule has 0 saturated heterocycles. The summed E-state index contributed by atoms with van der Waals surface area (Å²) in [6, 6.07) is 8.12. The van der Waals surface area contributed by atoms with Gasteiger partial charge in [0.05, 0.1) is 20.5 Å². The van der Waals surface area contributed by atoms with Gasteiger partial charge in [0.1, 0.15) is 5.75 Å². The van der Waals surface area contributed by atoms with E-state index in [1.165, 1.54) is 5.56 Å². The molecule has 0 aromatic heterocycles. The molecule has 0 aliphatic carbocycles. The maximum Gasteiger partial charge on any atom is 0.119 e. The first-order valence-corrected chi connectivity index (χ1v) is 4.67. The molecule has 1 aromatic rings. The third-order valence-electron chi connectivity index (χ3n) is 1.97. The summed E-state index contributed by atoms with van der Waals surface area (Å²) in [5, 5.41) is 0. The van der Waals surface area contributed by atoms with Crippen LogP contribution in [0, 0.1) is 0 Å². The average Bonchev–Trinajstić information content (AvgIpc) is 2.25. The molecule has 0 heterocycles. The Labute approximate surface area is 85.2 Å². The van der Waals surface area contributed by atoms with Gasteiger partial charge in [-0.2, -0.15) is 0 Å². The van der Waals surface area contributed by atoms with Crippen LogP contribution < -0.4 is 4.74 Å². The molecule has 0 aliphatic heterocycles. The molecule has 2 heteroatoms. The maximum atomic E-state index is 5.14. The number of hydrogen-bond acceptors (Lipinski definition) is 2. The molecule has 76 valence electrons. The van der Waals surface area contributed by atoms with E-state index in [1.54, 1.807) is 20.5 Å². The highest BCUT2D eigenvalue weighted by atomic mass is 16.5. The SMILES string of the molecule is CO/C=C/CCc1cccc(OC)c1. The predicted molar refractivity (Wildman–Crippen MR) is 57.5 cm³/mol. The van der Waals surface area contributed by atoms with Crippen LogP contribution in [-0.4, -0.2) is 14.2 Å². The lowest BCUT2D eigenvalue weighted by atomic mass is 10.1. The van der Waals surface area contributed by atoms with Gasteiger partial charge in [0.2, 0.25) is 0 Å². The van der Waals surface area contributed by atoms with E-state index in [0.717, 1.165) is 18.6 Å². The topological polar surface area (TPSA) is 18.5 Å². The lowest BCUT2D eigenvalue weighted by Crippen LogP contribution is -1.86. The molecule has 0 fully saturated rings. The van der Waals surface area contributed by atoms with Crippen molar-refractivity contribution in [1.29, 1.82) is 0 Å². The minimum Gasteiger partial charge on any atom is -0.505 e. The summed E-state index contributed by atoms with van der Waals surface area (Å²) < 4.78 is 9.96. The second-order valence-corrected chi connectivity index (χ2v) is 3.00. The quantitative estimate of drug-likeness (QED) is 0.668. The van der Waals surface area contributed by atoms with Gasteiger partial charge in [-0.1, -0.05) is 12.1 Å². The number of rotatable bonds is 5. The molecule has 1 rings (SSSR count). The summed E-state index contributed by atoms with van der Waals surface area (Å²) in [6.07, 6.45) is 5.72. The van der Waals surface area contributed by atoms with Gasteiger partial charge in [-0.3, -0.25) is 0 Å². The first-order valence-electron chi connectivity index (χ1n) is 4.67. The van der Waals surface area contributed by atoms with Crippen molar-refractivity contribution in [2.24, 2.45) is 0 Å². The van der Waals surface area contributed by atoms with Crippen molar-refractivity contribution in [2.45, 2.75) is 12.8 Å². The van der Waals surface area contributed by atoms with Crippen LogP contribution in [0.3, 0.4) is 0 Å². The van der Waals surface area contributed by atoms with E-state index < -0.39 is 0 Å². The number of hydrogen-bond donors (Lipinski definition) is 0. The predicted octanol–water partition coefficient (Wildman–Crippen LogP) is 2.79. The fourth-order valence-corrected chi connectivity index (χ4v) is 1.24. The molecule has 0 N–H and O–H groups in total. The minimum absolute atomic E-state index is 0.915. The Morgan fingerprint density at radius 2 is 2.14 bits per heavy atom. The first-order chi connectivity index (χ1) is 6.86. The second-order valence-electron chi connectivity index (χ2n) is 3.00. The monoisotopic (exact) mass is 192 g/mol. The number of aryl methyl sites for hydroxylation is 1. The van der Waals surface area contributed by atoms with Gasteiger partial charge in [-0.25, -0.2) is 0 Å². The molecular formula is C12H16O2. The minimum atomic E-state index is 0.915. The van der Waals surface area contributed by atoms with Crippen molar-refractivity contribution in [3.05, 3.63) is 42.2 Å². The van der Waals surface area contributed by atoms with Gasteiger partial charge in [0, 0.05) is 0 Å². The van der Waals surface area contributed by atoms with E-state index in [-0.39, 0.29) is 0 Å². The Morgan fingerprint density at radius 1 is 1.29 bits per heavy atom. The van der Waals surface area contributed by atoms with Crippen LogP contribution in [0.4, 0.5) is 0 Å². The zero-order valence-corrected chi connectivity index (χ0v) is 8.69. The summed E-state index contributed by atoms with van der Waals surface area (Å²) in [4.78, 5) is 0. The molecule has 0 atom stereocenters. The number of ether oxygens (including phenoxy) is 2. The van der Waals surface area contributed by atoms with Crippen LogP contribution in [0.25, 0.3) is 0 Å². The van der Waals surface area contributed by atoms with Gasteiger partial charge in [-0.05, 0) is 36.6 Å². The zero-order chi connectivity index (χ0) is 10.2. The molecule has 0 aliphatic rings. The van der Waals surface area contributed by atoms with E-state index in [2.05, 4.69) is 12.1 Å². The summed E-state index contributed by atoms with van der Waals surface area (Å²) in [6.45, 7) is 0. The standard InChI is InChI=1S/C12H16O2/c1-13-9-4-3-6-11-7-5-8-12(10-11)14-2/h4-5,7-10H,3,6H2,1-2H3/b9-4+. The molecule has 0 amide bonds. The smallest absolute Gasteiger partial charge is 0.119 e. The molecule has 1 aromatic carbocycles. The van der Waals surface area contributed by atoms with Crippen LogP contribution in [0.1, 0.15) is 12.0 Å². The zero-order valence-electron chi connectivity index (χ0n) is 8.69. The highest BCUT2D eigenvalue weighted by Gasteiger charge is 1.93. The summed E-state index contributed by atoms with van der Waals surface area (Å²) in [7, 11) is 3.34. The molecule has 0 bridgehead atoms. The van der Waals surface area contributed by atoms with E-state index in [1.807, 2.05) is 18.2 Å². The van der Waals surface area contributed by atoms with Crippen LogP contribution >= 0.6 is 0 Å². The Kier molecular flexibility index (Phi) is 4.62. The average molecular weight is 192 g/mol. The van der Waals surface area contributed by atoms with Gasteiger partial charge >= 0.3 is 0 Å². The van der Waals surface area contributed by atoms with Crippen molar-refractivity contribution in [2.75, 3.05) is 14.2 Å². The lowest BCUT2D eigenvalue weighted by molar-refractivity contribution is 0.336. The fourth-order valence-electron chi connectivity index (χ4n) is 1.24. The third-order valence-corrected chi connectivity index (χ3v) is 1.97. The van der Waals surface area contributed by atoms with E-state index >= 15 is 0 Å². The number of methoxy groups -OCH3 is 2. The van der Waals surface area contributed by atoms with Gasteiger partial charge < -0.3 is 9.47 Å². The molecule has 0 unspecified atom stereocenters. The van der Waals surface area contributed by atoms with Crippen molar-refractivity contribution in [1.82, 2.24) is 0 Å².